The zero-order valence-electron chi connectivity index (χ0n) is 16.7. The molecule has 5 nitrogen and oxygen atoms in total. The number of furan rings is 1. The van der Waals surface area contributed by atoms with E-state index in [1.54, 1.807) is 28.4 Å². The molecule has 0 radical (unpaired) electrons. The minimum atomic E-state index is -0.128. The molecular weight excluding hydrogens is 372 g/mol. The smallest absolute Gasteiger partial charge is 0.290 e. The molecule has 0 spiro atoms. The quantitative estimate of drug-likeness (QED) is 0.503. The van der Waals surface area contributed by atoms with E-state index in [0.717, 1.165) is 16.5 Å². The Bertz CT molecular complexity index is 900. The van der Waals surface area contributed by atoms with Crippen molar-refractivity contribution in [1.29, 1.82) is 0 Å². The number of carbonyl (C=O) groups excluding carboxylic acids is 1. The molecular formula is C22H26N2O3S. The standard InChI is InChI=1S/C22H26N2O3S/c1-15(2)18-8-5-6-9-19(18)27-13-21-23-17(14-28-21)12-24(16(3)4)22(25)20-10-7-11-26-20/h5-11,14-16H,12-13H2,1-4H3. The Labute approximate surface area is 170 Å². The van der Waals surface area contributed by atoms with Gasteiger partial charge in [-0.3, -0.25) is 4.79 Å². The fourth-order valence-electron chi connectivity index (χ4n) is 2.92. The molecule has 0 atom stereocenters. The van der Waals surface area contributed by atoms with Crippen LogP contribution in [-0.4, -0.2) is 21.8 Å². The van der Waals surface area contributed by atoms with Gasteiger partial charge in [0, 0.05) is 11.4 Å². The molecule has 0 aliphatic heterocycles. The van der Waals surface area contributed by atoms with Gasteiger partial charge in [0.25, 0.3) is 5.91 Å². The number of nitrogens with zero attached hydrogens (tertiary/aromatic N) is 2. The van der Waals surface area contributed by atoms with Crippen molar-refractivity contribution in [3.63, 3.8) is 0 Å². The van der Waals surface area contributed by atoms with Crippen LogP contribution in [0.1, 0.15) is 60.4 Å². The minimum absolute atomic E-state index is 0.0388. The van der Waals surface area contributed by atoms with E-state index in [9.17, 15) is 4.79 Å². The predicted molar refractivity (Wildman–Crippen MR) is 111 cm³/mol. The number of thiazole rings is 1. The van der Waals surface area contributed by atoms with E-state index in [1.165, 1.54) is 11.8 Å². The van der Waals surface area contributed by atoms with E-state index in [0.29, 0.717) is 24.8 Å². The molecule has 3 rings (SSSR count). The van der Waals surface area contributed by atoms with Crippen LogP contribution < -0.4 is 4.74 Å². The molecule has 1 aromatic carbocycles. The zero-order valence-corrected chi connectivity index (χ0v) is 17.5. The van der Waals surface area contributed by atoms with E-state index >= 15 is 0 Å². The second kappa shape index (κ2) is 9.06. The van der Waals surface area contributed by atoms with E-state index < -0.39 is 0 Å². The van der Waals surface area contributed by atoms with E-state index in [4.69, 9.17) is 9.15 Å². The Morgan fingerprint density at radius 1 is 1.18 bits per heavy atom. The SMILES string of the molecule is CC(C)c1ccccc1OCc1nc(CN(C(=O)c2ccco2)C(C)C)cs1. The summed E-state index contributed by atoms with van der Waals surface area (Å²) in [4.78, 5) is 19.1. The molecule has 3 aromatic rings. The molecule has 0 unspecified atom stereocenters. The molecule has 1 amide bonds. The van der Waals surface area contributed by atoms with Gasteiger partial charge >= 0.3 is 0 Å². The Kier molecular flexibility index (Phi) is 6.52. The third-order valence-electron chi connectivity index (χ3n) is 4.44. The summed E-state index contributed by atoms with van der Waals surface area (Å²) < 4.78 is 11.3. The van der Waals surface area contributed by atoms with Gasteiger partial charge in [-0.2, -0.15) is 0 Å². The normalized spacial score (nSPS) is 11.2. The van der Waals surface area contributed by atoms with Crippen molar-refractivity contribution in [3.8, 4) is 5.75 Å². The maximum atomic E-state index is 12.7. The molecule has 0 aliphatic rings. The largest absolute Gasteiger partial charge is 0.486 e. The molecule has 0 saturated heterocycles. The minimum Gasteiger partial charge on any atom is -0.486 e. The number of amides is 1. The second-order valence-corrected chi connectivity index (χ2v) is 8.16. The number of ether oxygens (including phenoxy) is 1. The van der Waals surface area contributed by atoms with E-state index in [-0.39, 0.29) is 11.9 Å². The maximum absolute atomic E-state index is 12.7. The van der Waals surface area contributed by atoms with Crippen LogP contribution in [0.2, 0.25) is 0 Å². The summed E-state index contributed by atoms with van der Waals surface area (Å²) in [7, 11) is 0. The van der Waals surface area contributed by atoms with Gasteiger partial charge in [0.15, 0.2) is 5.76 Å². The number of benzene rings is 1. The lowest BCUT2D eigenvalue weighted by Gasteiger charge is -2.24. The monoisotopic (exact) mass is 398 g/mol. The highest BCUT2D eigenvalue weighted by Crippen LogP contribution is 2.27. The van der Waals surface area contributed by atoms with Crippen molar-refractivity contribution in [3.05, 3.63) is 70.1 Å². The fraction of sp³-hybridized carbons (Fsp3) is 0.364. The fourth-order valence-corrected chi connectivity index (χ4v) is 3.62. The average Bonchev–Trinajstić information content (AvgIpc) is 3.36. The summed E-state index contributed by atoms with van der Waals surface area (Å²) >= 11 is 1.55. The number of hydrogen-bond acceptors (Lipinski definition) is 5. The van der Waals surface area contributed by atoms with E-state index in [1.807, 2.05) is 37.4 Å². The highest BCUT2D eigenvalue weighted by molar-refractivity contribution is 7.09. The molecule has 0 N–H and O–H groups in total. The highest BCUT2D eigenvalue weighted by atomic mass is 32.1. The van der Waals surface area contributed by atoms with Crippen molar-refractivity contribution in [1.82, 2.24) is 9.88 Å². The molecule has 0 fully saturated rings. The van der Waals surface area contributed by atoms with Gasteiger partial charge in [0.2, 0.25) is 0 Å². The summed E-state index contributed by atoms with van der Waals surface area (Å²) in [5, 5.41) is 2.88. The Morgan fingerprint density at radius 3 is 2.64 bits per heavy atom. The zero-order chi connectivity index (χ0) is 20.1. The van der Waals surface area contributed by atoms with Crippen LogP contribution in [0.3, 0.4) is 0 Å². The Hall–Kier alpha value is -2.60. The van der Waals surface area contributed by atoms with Crippen molar-refractivity contribution >= 4 is 17.2 Å². The van der Waals surface area contributed by atoms with Crippen molar-refractivity contribution < 1.29 is 13.9 Å². The van der Waals surface area contributed by atoms with Gasteiger partial charge < -0.3 is 14.1 Å². The first-order chi connectivity index (χ1) is 13.5. The molecule has 28 heavy (non-hydrogen) atoms. The third kappa shape index (κ3) is 4.81. The Morgan fingerprint density at radius 2 is 1.96 bits per heavy atom. The molecule has 2 aromatic heterocycles. The van der Waals surface area contributed by atoms with Crippen molar-refractivity contribution in [2.75, 3.05) is 0 Å². The van der Waals surface area contributed by atoms with Gasteiger partial charge in [-0.15, -0.1) is 11.3 Å². The van der Waals surface area contributed by atoms with Gasteiger partial charge in [-0.25, -0.2) is 4.98 Å². The summed E-state index contributed by atoms with van der Waals surface area (Å²) in [6.07, 6.45) is 1.51. The lowest BCUT2D eigenvalue weighted by atomic mass is 10.0. The first-order valence-corrected chi connectivity index (χ1v) is 10.3. The lowest BCUT2D eigenvalue weighted by Crippen LogP contribution is -2.36. The maximum Gasteiger partial charge on any atom is 0.290 e. The van der Waals surface area contributed by atoms with Crippen LogP contribution in [0.4, 0.5) is 0 Å². The third-order valence-corrected chi connectivity index (χ3v) is 5.31. The molecule has 0 bridgehead atoms. The van der Waals surface area contributed by atoms with Crippen molar-refractivity contribution in [2.45, 2.75) is 52.8 Å². The number of rotatable bonds is 8. The first-order valence-electron chi connectivity index (χ1n) is 9.45. The van der Waals surface area contributed by atoms with E-state index in [2.05, 4.69) is 24.9 Å². The predicted octanol–water partition coefficient (Wildman–Crippen LogP) is 5.49. The van der Waals surface area contributed by atoms with Gasteiger partial charge in [-0.05, 0) is 43.5 Å². The second-order valence-electron chi connectivity index (χ2n) is 7.22. The topological polar surface area (TPSA) is 55.6 Å². The van der Waals surface area contributed by atoms with Crippen LogP contribution in [0, 0.1) is 0 Å². The molecule has 0 aliphatic carbocycles. The summed E-state index contributed by atoms with van der Waals surface area (Å²) in [6, 6.07) is 11.5. The van der Waals surface area contributed by atoms with Crippen LogP contribution >= 0.6 is 11.3 Å². The van der Waals surface area contributed by atoms with Crippen LogP contribution in [0.15, 0.2) is 52.5 Å². The average molecular weight is 399 g/mol. The summed E-state index contributed by atoms with van der Waals surface area (Å²) in [5.74, 6) is 1.51. The Balaban J connectivity index is 1.66. The lowest BCUT2D eigenvalue weighted by molar-refractivity contribution is 0.0655. The van der Waals surface area contributed by atoms with Crippen LogP contribution in [-0.2, 0) is 13.2 Å². The first kappa shape index (κ1) is 20.1. The van der Waals surface area contributed by atoms with Crippen molar-refractivity contribution in [2.24, 2.45) is 0 Å². The highest BCUT2D eigenvalue weighted by Gasteiger charge is 2.22. The number of para-hydroxylation sites is 1. The molecule has 0 saturated carbocycles. The van der Waals surface area contributed by atoms with Crippen LogP contribution in [0.25, 0.3) is 0 Å². The van der Waals surface area contributed by atoms with Crippen LogP contribution in [0.5, 0.6) is 5.75 Å². The van der Waals surface area contributed by atoms with Gasteiger partial charge in [-0.1, -0.05) is 32.0 Å². The number of carbonyl (C=O) groups is 1. The number of aromatic nitrogens is 1. The van der Waals surface area contributed by atoms with Gasteiger partial charge in [0.1, 0.15) is 17.4 Å². The summed E-state index contributed by atoms with van der Waals surface area (Å²) in [6.45, 7) is 9.14. The number of hydrogen-bond donors (Lipinski definition) is 0. The summed E-state index contributed by atoms with van der Waals surface area (Å²) in [5.41, 5.74) is 2.05. The molecule has 2 heterocycles. The molecule has 148 valence electrons. The van der Waals surface area contributed by atoms with Gasteiger partial charge in [0.05, 0.1) is 18.5 Å². The molecule has 6 heteroatoms.